The maximum absolute atomic E-state index is 13.5. The normalized spacial score (nSPS) is 11.8. The number of aryl methyl sites for hydroxylation is 1. The molecule has 5 heteroatoms. The molecule has 0 heterocycles. The minimum absolute atomic E-state index is 0.0529. The molecule has 1 N–H and O–H groups in total. The predicted octanol–water partition coefficient (Wildman–Crippen LogP) is 4.92. The lowest BCUT2D eigenvalue weighted by Gasteiger charge is -2.32. The lowest BCUT2D eigenvalue weighted by atomic mass is 10.0. The van der Waals surface area contributed by atoms with Crippen LogP contribution in [0.2, 0.25) is 0 Å². The fraction of sp³-hybridized carbons (Fsp3) is 0.286. The Labute approximate surface area is 195 Å². The largest absolute Gasteiger partial charge is 0.352 e. The second-order valence-electron chi connectivity index (χ2n) is 8.50. The fourth-order valence-electron chi connectivity index (χ4n) is 3.76. The average Bonchev–Trinajstić information content (AvgIpc) is 2.82. The Morgan fingerprint density at radius 2 is 1.39 bits per heavy atom. The molecule has 3 aromatic carbocycles. The Hall–Kier alpha value is -3.47. The van der Waals surface area contributed by atoms with E-state index in [1.54, 1.807) is 17.0 Å². The molecule has 33 heavy (non-hydrogen) atoms. The van der Waals surface area contributed by atoms with Crippen molar-refractivity contribution in [2.24, 2.45) is 0 Å². The fourth-order valence-corrected chi connectivity index (χ4v) is 3.76. The Balaban J connectivity index is 1.89. The summed E-state index contributed by atoms with van der Waals surface area (Å²) in [7, 11) is 0. The van der Waals surface area contributed by atoms with Crippen LogP contribution in [0.15, 0.2) is 84.9 Å². The van der Waals surface area contributed by atoms with Crippen molar-refractivity contribution in [1.82, 2.24) is 10.2 Å². The summed E-state index contributed by atoms with van der Waals surface area (Å²) in [5.74, 6) is -0.633. The molecule has 1 unspecified atom stereocenters. The van der Waals surface area contributed by atoms with Crippen molar-refractivity contribution in [3.8, 4) is 0 Å². The average molecular weight is 447 g/mol. The van der Waals surface area contributed by atoms with Crippen LogP contribution in [0.4, 0.5) is 4.39 Å². The summed E-state index contributed by atoms with van der Waals surface area (Å²) >= 11 is 0. The van der Waals surface area contributed by atoms with Gasteiger partial charge in [0.05, 0.1) is 0 Å². The molecule has 0 aliphatic rings. The summed E-state index contributed by atoms with van der Waals surface area (Å²) in [5.41, 5.74) is 2.82. The van der Waals surface area contributed by atoms with Gasteiger partial charge >= 0.3 is 0 Å². The van der Waals surface area contributed by atoms with Crippen molar-refractivity contribution in [2.75, 3.05) is 0 Å². The van der Waals surface area contributed by atoms with E-state index < -0.39 is 6.04 Å². The van der Waals surface area contributed by atoms with Crippen LogP contribution in [0.25, 0.3) is 0 Å². The number of benzene rings is 3. The number of amides is 2. The van der Waals surface area contributed by atoms with Gasteiger partial charge in [-0.2, -0.15) is 0 Å². The van der Waals surface area contributed by atoms with E-state index >= 15 is 0 Å². The zero-order valence-corrected chi connectivity index (χ0v) is 19.2. The lowest BCUT2D eigenvalue weighted by Crippen LogP contribution is -2.51. The van der Waals surface area contributed by atoms with E-state index in [0.29, 0.717) is 12.8 Å². The molecular formula is C28H31FN2O2. The van der Waals surface area contributed by atoms with Crippen LogP contribution >= 0.6 is 0 Å². The molecule has 0 aromatic heterocycles. The van der Waals surface area contributed by atoms with Gasteiger partial charge < -0.3 is 10.2 Å². The van der Waals surface area contributed by atoms with Gasteiger partial charge in [-0.15, -0.1) is 0 Å². The minimum atomic E-state index is -0.678. The van der Waals surface area contributed by atoms with E-state index in [-0.39, 0.29) is 36.6 Å². The third-order valence-electron chi connectivity index (χ3n) is 5.44. The standard InChI is InChI=1S/C28H31FN2O2/c1-21(2)30-28(33)26(19-23-11-7-4-8-12-23)31(20-24-13-16-25(29)17-14-24)27(32)18-15-22-9-5-3-6-10-22/h3-14,16-17,21,26H,15,18-20H2,1-2H3,(H,30,33). The van der Waals surface area contributed by atoms with Crippen molar-refractivity contribution >= 4 is 11.8 Å². The third-order valence-corrected chi connectivity index (χ3v) is 5.44. The minimum Gasteiger partial charge on any atom is -0.352 e. The van der Waals surface area contributed by atoms with Crippen LogP contribution in [0, 0.1) is 5.82 Å². The van der Waals surface area contributed by atoms with Gasteiger partial charge in [-0.25, -0.2) is 4.39 Å². The van der Waals surface area contributed by atoms with Gasteiger partial charge in [0.2, 0.25) is 11.8 Å². The maximum atomic E-state index is 13.5. The van der Waals surface area contributed by atoms with Crippen LogP contribution < -0.4 is 5.32 Å². The number of carbonyl (C=O) groups excluding carboxylic acids is 2. The van der Waals surface area contributed by atoms with Gasteiger partial charge in [0, 0.05) is 25.4 Å². The molecule has 0 bridgehead atoms. The molecule has 0 saturated carbocycles. The number of halogens is 1. The van der Waals surface area contributed by atoms with E-state index in [0.717, 1.165) is 16.7 Å². The molecule has 1 atom stereocenters. The van der Waals surface area contributed by atoms with Crippen molar-refractivity contribution < 1.29 is 14.0 Å². The molecule has 0 fully saturated rings. The Morgan fingerprint density at radius 3 is 1.97 bits per heavy atom. The number of carbonyl (C=O) groups is 2. The summed E-state index contributed by atoms with van der Waals surface area (Å²) in [5, 5.41) is 2.97. The SMILES string of the molecule is CC(C)NC(=O)C(Cc1ccccc1)N(Cc1ccc(F)cc1)C(=O)CCc1ccccc1. The highest BCUT2D eigenvalue weighted by atomic mass is 19.1. The Morgan fingerprint density at radius 1 is 0.818 bits per heavy atom. The second-order valence-corrected chi connectivity index (χ2v) is 8.50. The smallest absolute Gasteiger partial charge is 0.243 e. The van der Waals surface area contributed by atoms with E-state index in [1.165, 1.54) is 12.1 Å². The number of nitrogens with one attached hydrogen (secondary N) is 1. The van der Waals surface area contributed by atoms with E-state index in [9.17, 15) is 14.0 Å². The number of rotatable bonds is 10. The molecule has 3 rings (SSSR count). The zero-order valence-electron chi connectivity index (χ0n) is 19.2. The first-order chi connectivity index (χ1) is 15.9. The van der Waals surface area contributed by atoms with Crippen LogP contribution in [0.1, 0.15) is 37.0 Å². The van der Waals surface area contributed by atoms with Crippen molar-refractivity contribution in [3.05, 3.63) is 107 Å². The van der Waals surface area contributed by atoms with Crippen LogP contribution in [-0.4, -0.2) is 28.8 Å². The highest BCUT2D eigenvalue weighted by molar-refractivity contribution is 5.88. The first kappa shape index (κ1) is 24.2. The molecule has 0 aliphatic carbocycles. The summed E-state index contributed by atoms with van der Waals surface area (Å²) in [6.45, 7) is 4.04. The monoisotopic (exact) mass is 446 g/mol. The molecule has 0 spiro atoms. The van der Waals surface area contributed by atoms with Gasteiger partial charge in [0.25, 0.3) is 0 Å². The van der Waals surface area contributed by atoms with Gasteiger partial charge in [-0.3, -0.25) is 9.59 Å². The predicted molar refractivity (Wildman–Crippen MR) is 129 cm³/mol. The molecule has 0 saturated heterocycles. The number of hydrogen-bond acceptors (Lipinski definition) is 2. The van der Waals surface area contributed by atoms with Crippen molar-refractivity contribution in [2.45, 2.75) is 51.7 Å². The quantitative estimate of drug-likeness (QED) is 0.480. The van der Waals surface area contributed by atoms with Gasteiger partial charge in [-0.1, -0.05) is 72.8 Å². The van der Waals surface area contributed by atoms with Crippen molar-refractivity contribution in [3.63, 3.8) is 0 Å². The van der Waals surface area contributed by atoms with Gasteiger partial charge in [0.1, 0.15) is 11.9 Å². The summed E-state index contributed by atoms with van der Waals surface area (Å²) in [4.78, 5) is 28.4. The van der Waals surface area contributed by atoms with E-state index in [1.807, 2.05) is 74.5 Å². The summed E-state index contributed by atoms with van der Waals surface area (Å²) in [6.07, 6.45) is 1.27. The Bertz CT molecular complexity index is 1020. The first-order valence-corrected chi connectivity index (χ1v) is 11.3. The molecule has 3 aromatic rings. The molecule has 172 valence electrons. The first-order valence-electron chi connectivity index (χ1n) is 11.3. The highest BCUT2D eigenvalue weighted by Gasteiger charge is 2.30. The summed E-state index contributed by atoms with van der Waals surface area (Å²) < 4.78 is 13.5. The topological polar surface area (TPSA) is 49.4 Å². The van der Waals surface area contributed by atoms with Crippen LogP contribution in [0.5, 0.6) is 0 Å². The van der Waals surface area contributed by atoms with Gasteiger partial charge in [0.15, 0.2) is 0 Å². The molecule has 0 radical (unpaired) electrons. The third kappa shape index (κ3) is 7.56. The zero-order chi connectivity index (χ0) is 23.6. The highest BCUT2D eigenvalue weighted by Crippen LogP contribution is 2.17. The second kappa shape index (κ2) is 12.0. The van der Waals surface area contributed by atoms with Crippen LogP contribution in [-0.2, 0) is 29.0 Å². The molecular weight excluding hydrogens is 415 g/mol. The van der Waals surface area contributed by atoms with Crippen LogP contribution in [0.3, 0.4) is 0 Å². The lowest BCUT2D eigenvalue weighted by molar-refractivity contribution is -0.141. The maximum Gasteiger partial charge on any atom is 0.243 e. The van der Waals surface area contributed by atoms with Crippen molar-refractivity contribution in [1.29, 1.82) is 0 Å². The summed E-state index contributed by atoms with van der Waals surface area (Å²) in [6, 6.07) is 24.9. The Kier molecular flexibility index (Phi) is 8.76. The van der Waals surface area contributed by atoms with E-state index in [4.69, 9.17) is 0 Å². The van der Waals surface area contributed by atoms with Gasteiger partial charge in [-0.05, 0) is 49.1 Å². The molecule has 2 amide bonds. The van der Waals surface area contributed by atoms with E-state index in [2.05, 4.69) is 5.32 Å². The number of nitrogens with zero attached hydrogens (tertiary/aromatic N) is 1. The molecule has 4 nitrogen and oxygen atoms in total. The number of hydrogen-bond donors (Lipinski definition) is 1. The molecule has 0 aliphatic heterocycles.